The van der Waals surface area contributed by atoms with E-state index in [0.29, 0.717) is 0 Å². The third-order valence-electron chi connectivity index (χ3n) is 3.06. The molecule has 0 spiro atoms. The van der Waals surface area contributed by atoms with Crippen molar-refractivity contribution < 1.29 is 0 Å². The molecule has 0 radical (unpaired) electrons. The summed E-state index contributed by atoms with van der Waals surface area (Å²) in [5.74, 6) is 0.966. The zero-order chi connectivity index (χ0) is 13.8. The van der Waals surface area contributed by atoms with Gasteiger partial charge in [-0.05, 0) is 37.7 Å². The minimum Gasteiger partial charge on any atom is -0.313 e. The normalized spacial score (nSPS) is 12.6. The Hall–Kier alpha value is -0.910. The predicted molar refractivity (Wildman–Crippen MR) is 80.4 cm³/mol. The number of aryl methyl sites for hydroxylation is 1. The van der Waals surface area contributed by atoms with E-state index >= 15 is 0 Å². The van der Waals surface area contributed by atoms with Crippen LogP contribution in [0.25, 0.3) is 0 Å². The first-order chi connectivity index (χ1) is 9.15. The number of hydrogen-bond acceptors (Lipinski definition) is 3. The lowest BCUT2D eigenvalue weighted by Gasteiger charge is -2.18. The number of aromatic nitrogens is 3. The quantitative estimate of drug-likeness (QED) is 0.906. The summed E-state index contributed by atoms with van der Waals surface area (Å²) in [7, 11) is 1.94. The van der Waals surface area contributed by atoms with Gasteiger partial charge in [-0.15, -0.1) is 0 Å². The fraction of sp³-hybridized carbons (Fsp3) is 0.385. The van der Waals surface area contributed by atoms with Gasteiger partial charge in [-0.25, -0.2) is 4.98 Å². The Morgan fingerprint density at radius 3 is 2.95 bits per heavy atom. The second-order valence-corrected chi connectivity index (χ2v) is 5.49. The zero-order valence-electron chi connectivity index (χ0n) is 10.9. The van der Waals surface area contributed by atoms with Crippen LogP contribution in [0.2, 0.25) is 5.02 Å². The summed E-state index contributed by atoms with van der Waals surface area (Å²) in [6, 6.07) is 5.95. The molecular formula is C13H16BrClN4. The molecule has 6 heteroatoms. The molecule has 1 heterocycles. The first-order valence-electron chi connectivity index (χ1n) is 6.14. The molecule has 2 aromatic rings. The van der Waals surface area contributed by atoms with Gasteiger partial charge in [-0.2, -0.15) is 5.10 Å². The van der Waals surface area contributed by atoms with E-state index in [1.165, 1.54) is 0 Å². The molecule has 102 valence electrons. The van der Waals surface area contributed by atoms with Crippen LogP contribution in [0, 0.1) is 0 Å². The zero-order valence-corrected chi connectivity index (χ0v) is 13.2. The molecule has 1 aromatic heterocycles. The number of nitrogens with zero attached hydrogens (tertiary/aromatic N) is 3. The van der Waals surface area contributed by atoms with Crippen LogP contribution >= 0.6 is 27.5 Å². The summed E-state index contributed by atoms with van der Waals surface area (Å²) in [6.07, 6.45) is 2.36. The van der Waals surface area contributed by atoms with E-state index in [0.717, 1.165) is 33.8 Å². The van der Waals surface area contributed by atoms with Crippen molar-refractivity contribution in [3.63, 3.8) is 0 Å². The van der Waals surface area contributed by atoms with Crippen molar-refractivity contribution in [1.29, 1.82) is 0 Å². The molecule has 0 saturated heterocycles. The fourth-order valence-corrected chi connectivity index (χ4v) is 2.75. The second-order valence-electron chi connectivity index (χ2n) is 4.20. The standard InChI is InChI=1S/C13H16BrClN4/c1-3-19-13(17-8-18-19)7-12(16-2)10-6-9(15)4-5-11(10)14/h4-6,8,12,16H,3,7H2,1-2H3. The minimum absolute atomic E-state index is 0.141. The lowest BCUT2D eigenvalue weighted by Crippen LogP contribution is -2.21. The van der Waals surface area contributed by atoms with Gasteiger partial charge in [-0.3, -0.25) is 4.68 Å². The Morgan fingerprint density at radius 2 is 2.26 bits per heavy atom. The molecule has 19 heavy (non-hydrogen) atoms. The lowest BCUT2D eigenvalue weighted by atomic mass is 10.0. The Kier molecular flexibility index (Phi) is 4.96. The smallest absolute Gasteiger partial charge is 0.138 e. The molecule has 0 amide bonds. The summed E-state index contributed by atoms with van der Waals surface area (Å²) in [5.41, 5.74) is 1.13. The highest BCUT2D eigenvalue weighted by molar-refractivity contribution is 9.10. The molecular weight excluding hydrogens is 328 g/mol. The largest absolute Gasteiger partial charge is 0.313 e. The van der Waals surface area contributed by atoms with Gasteiger partial charge in [0.2, 0.25) is 0 Å². The van der Waals surface area contributed by atoms with E-state index in [1.54, 1.807) is 6.33 Å². The maximum Gasteiger partial charge on any atom is 0.138 e. The molecule has 1 atom stereocenters. The van der Waals surface area contributed by atoms with E-state index in [1.807, 2.05) is 29.9 Å². The van der Waals surface area contributed by atoms with Crippen molar-refractivity contribution in [1.82, 2.24) is 20.1 Å². The molecule has 0 fully saturated rings. The van der Waals surface area contributed by atoms with Crippen LogP contribution in [0.15, 0.2) is 29.0 Å². The topological polar surface area (TPSA) is 42.7 Å². The van der Waals surface area contributed by atoms with E-state index in [-0.39, 0.29) is 6.04 Å². The van der Waals surface area contributed by atoms with Crippen LogP contribution in [-0.2, 0) is 13.0 Å². The van der Waals surface area contributed by atoms with Crippen LogP contribution in [0.3, 0.4) is 0 Å². The van der Waals surface area contributed by atoms with Gasteiger partial charge in [0.15, 0.2) is 0 Å². The molecule has 0 saturated carbocycles. The lowest BCUT2D eigenvalue weighted by molar-refractivity contribution is 0.532. The van der Waals surface area contributed by atoms with Gasteiger partial charge < -0.3 is 5.32 Å². The Labute approximate surface area is 126 Å². The van der Waals surface area contributed by atoms with Crippen molar-refractivity contribution in [3.8, 4) is 0 Å². The summed E-state index contributed by atoms with van der Waals surface area (Å²) in [4.78, 5) is 4.32. The molecule has 1 aromatic carbocycles. The molecule has 1 N–H and O–H groups in total. The predicted octanol–water partition coefficient (Wildman–Crippen LogP) is 3.22. The first kappa shape index (κ1) is 14.5. The molecule has 1 unspecified atom stereocenters. The Bertz CT molecular complexity index is 555. The number of nitrogens with one attached hydrogen (secondary N) is 1. The molecule has 2 rings (SSSR count). The van der Waals surface area contributed by atoms with Gasteiger partial charge in [0.1, 0.15) is 12.2 Å². The minimum atomic E-state index is 0.141. The van der Waals surface area contributed by atoms with Crippen LogP contribution in [0.5, 0.6) is 0 Å². The number of hydrogen-bond donors (Lipinski definition) is 1. The van der Waals surface area contributed by atoms with E-state index in [2.05, 4.69) is 38.3 Å². The summed E-state index contributed by atoms with van der Waals surface area (Å²) >= 11 is 9.65. The van der Waals surface area contributed by atoms with Crippen molar-refractivity contribution in [2.45, 2.75) is 25.9 Å². The van der Waals surface area contributed by atoms with Gasteiger partial charge in [0.05, 0.1) is 0 Å². The fourth-order valence-electron chi connectivity index (χ4n) is 2.04. The highest BCUT2D eigenvalue weighted by atomic mass is 79.9. The number of likely N-dealkylation sites (N-methyl/N-ethyl adjacent to an activating group) is 1. The third kappa shape index (κ3) is 3.35. The SMILES string of the molecule is CCn1ncnc1CC(NC)c1cc(Cl)ccc1Br. The van der Waals surface area contributed by atoms with Gasteiger partial charge >= 0.3 is 0 Å². The summed E-state index contributed by atoms with van der Waals surface area (Å²) in [5, 5.41) is 8.23. The van der Waals surface area contributed by atoms with Gasteiger partial charge in [0.25, 0.3) is 0 Å². The highest BCUT2D eigenvalue weighted by Crippen LogP contribution is 2.28. The summed E-state index contributed by atoms with van der Waals surface area (Å²) < 4.78 is 2.95. The number of halogens is 2. The van der Waals surface area contributed by atoms with Gasteiger partial charge in [-0.1, -0.05) is 27.5 Å². The highest BCUT2D eigenvalue weighted by Gasteiger charge is 2.16. The molecule has 4 nitrogen and oxygen atoms in total. The second kappa shape index (κ2) is 6.50. The maximum absolute atomic E-state index is 6.08. The van der Waals surface area contributed by atoms with Crippen molar-refractivity contribution in [3.05, 3.63) is 45.4 Å². The van der Waals surface area contributed by atoms with Crippen molar-refractivity contribution in [2.24, 2.45) is 0 Å². The molecule has 0 bridgehead atoms. The molecule has 0 aliphatic carbocycles. The van der Waals surface area contributed by atoms with E-state index in [9.17, 15) is 0 Å². The van der Waals surface area contributed by atoms with E-state index in [4.69, 9.17) is 11.6 Å². The number of benzene rings is 1. The van der Waals surface area contributed by atoms with Crippen LogP contribution < -0.4 is 5.32 Å². The first-order valence-corrected chi connectivity index (χ1v) is 7.31. The monoisotopic (exact) mass is 342 g/mol. The van der Waals surface area contributed by atoms with Gasteiger partial charge in [0, 0.05) is 28.5 Å². The number of rotatable bonds is 5. The Morgan fingerprint density at radius 1 is 1.47 bits per heavy atom. The third-order valence-corrected chi connectivity index (χ3v) is 4.02. The van der Waals surface area contributed by atoms with Crippen LogP contribution in [0.4, 0.5) is 0 Å². The maximum atomic E-state index is 6.08. The van der Waals surface area contributed by atoms with Crippen molar-refractivity contribution >= 4 is 27.5 Å². The Balaban J connectivity index is 2.27. The molecule has 0 aliphatic rings. The van der Waals surface area contributed by atoms with E-state index < -0.39 is 0 Å². The average molecular weight is 344 g/mol. The average Bonchev–Trinajstić information content (AvgIpc) is 2.86. The van der Waals surface area contributed by atoms with Crippen LogP contribution in [0.1, 0.15) is 24.4 Å². The van der Waals surface area contributed by atoms with Crippen LogP contribution in [-0.4, -0.2) is 21.8 Å². The van der Waals surface area contributed by atoms with Crippen molar-refractivity contribution in [2.75, 3.05) is 7.05 Å². The summed E-state index contributed by atoms with van der Waals surface area (Å²) in [6.45, 7) is 2.88. The molecule has 0 aliphatic heterocycles.